The highest BCUT2D eigenvalue weighted by Gasteiger charge is 2.25. The van der Waals surface area contributed by atoms with Crippen LogP contribution in [0.1, 0.15) is 44.8 Å². The Bertz CT molecular complexity index is 717. The van der Waals surface area contributed by atoms with Crippen molar-refractivity contribution in [3.05, 3.63) is 30.2 Å². The van der Waals surface area contributed by atoms with Crippen LogP contribution in [-0.4, -0.2) is 39.0 Å². The number of nitrogens with zero attached hydrogens (tertiary/aromatic N) is 5. The first-order valence-corrected chi connectivity index (χ1v) is 8.78. The summed E-state index contributed by atoms with van der Waals surface area (Å²) in [6, 6.07) is 3.82. The minimum Gasteiger partial charge on any atom is -0.447 e. The molecule has 1 amide bonds. The Kier molecular flexibility index (Phi) is 5.47. The van der Waals surface area contributed by atoms with Crippen molar-refractivity contribution < 1.29 is 9.53 Å². The molecule has 3 heterocycles. The normalized spacial score (nSPS) is 15.3. The Morgan fingerprint density at radius 1 is 1.32 bits per heavy atom. The largest absolute Gasteiger partial charge is 0.447 e. The van der Waals surface area contributed by atoms with Crippen molar-refractivity contribution in [2.45, 2.75) is 45.7 Å². The zero-order valence-electron chi connectivity index (χ0n) is 14.7. The molecule has 1 fully saturated rings. The minimum atomic E-state index is -0.365. The van der Waals surface area contributed by atoms with E-state index < -0.39 is 0 Å². The predicted molar refractivity (Wildman–Crippen MR) is 94.5 cm³/mol. The maximum absolute atomic E-state index is 11.7. The maximum Gasteiger partial charge on any atom is 0.415 e. The number of carbonyl (C=O) groups excluding carboxylic acids is 1. The molecule has 0 saturated carbocycles. The van der Waals surface area contributed by atoms with Gasteiger partial charge < -0.3 is 10.1 Å². The molecule has 25 heavy (non-hydrogen) atoms. The van der Waals surface area contributed by atoms with E-state index in [1.54, 1.807) is 12.3 Å². The summed E-state index contributed by atoms with van der Waals surface area (Å²) in [6.07, 6.45) is 6.27. The number of anilines is 2. The fourth-order valence-corrected chi connectivity index (χ4v) is 2.93. The monoisotopic (exact) mass is 344 g/mol. The molecule has 1 aliphatic heterocycles. The molecule has 1 unspecified atom stereocenters. The van der Waals surface area contributed by atoms with E-state index in [0.717, 1.165) is 31.5 Å². The van der Waals surface area contributed by atoms with Gasteiger partial charge in [-0.05, 0) is 25.5 Å². The minimum absolute atomic E-state index is 0.0724. The van der Waals surface area contributed by atoms with E-state index in [9.17, 15) is 4.79 Å². The number of nitrogens with one attached hydrogen (secondary N) is 1. The summed E-state index contributed by atoms with van der Waals surface area (Å²) in [4.78, 5) is 22.1. The van der Waals surface area contributed by atoms with Crippen molar-refractivity contribution in [2.24, 2.45) is 0 Å². The molecule has 2 aromatic rings. The summed E-state index contributed by atoms with van der Waals surface area (Å²) in [5.41, 5.74) is 1.12. The summed E-state index contributed by atoms with van der Waals surface area (Å²) in [5, 5.41) is 7.77. The molecular formula is C17H24N6O2. The number of ether oxygens (including phenoxy) is 1. The molecule has 2 aromatic heterocycles. The molecule has 0 spiro atoms. The van der Waals surface area contributed by atoms with Crippen molar-refractivity contribution in [1.29, 1.82) is 0 Å². The van der Waals surface area contributed by atoms with Gasteiger partial charge in [0.2, 0.25) is 5.95 Å². The third kappa shape index (κ3) is 3.89. The van der Waals surface area contributed by atoms with E-state index in [1.807, 2.05) is 16.9 Å². The van der Waals surface area contributed by atoms with Crippen LogP contribution in [0.3, 0.4) is 0 Å². The molecular weight excluding hydrogens is 320 g/mol. The number of aryl methyl sites for hydroxylation is 1. The highest BCUT2D eigenvalue weighted by Crippen LogP contribution is 2.24. The van der Waals surface area contributed by atoms with Crippen LogP contribution < -0.4 is 10.2 Å². The van der Waals surface area contributed by atoms with Crippen LogP contribution in [0.4, 0.5) is 16.6 Å². The highest BCUT2D eigenvalue weighted by molar-refractivity contribution is 5.88. The van der Waals surface area contributed by atoms with Gasteiger partial charge in [-0.1, -0.05) is 19.8 Å². The van der Waals surface area contributed by atoms with Crippen molar-refractivity contribution >= 4 is 17.9 Å². The van der Waals surface area contributed by atoms with Crippen molar-refractivity contribution in [3.8, 4) is 0 Å². The quantitative estimate of drug-likeness (QED) is 0.792. The average Bonchev–Trinajstić information content (AvgIpc) is 3.27. The number of carbonyl (C=O) groups is 1. The van der Waals surface area contributed by atoms with E-state index in [2.05, 4.69) is 34.2 Å². The first-order chi connectivity index (χ1) is 12.2. The molecule has 0 bridgehead atoms. The van der Waals surface area contributed by atoms with Crippen LogP contribution in [0, 0.1) is 0 Å². The Morgan fingerprint density at radius 3 is 2.92 bits per heavy atom. The van der Waals surface area contributed by atoms with E-state index in [0.29, 0.717) is 24.9 Å². The van der Waals surface area contributed by atoms with Crippen LogP contribution in [0.5, 0.6) is 0 Å². The zero-order chi connectivity index (χ0) is 17.6. The summed E-state index contributed by atoms with van der Waals surface area (Å²) < 4.78 is 6.96. The number of aromatic nitrogens is 4. The molecule has 3 rings (SSSR count). The SMILES string of the molecule is CCCCC(Nc1nccc(N2CCOC2=O)n1)c1ccnn1CC. The van der Waals surface area contributed by atoms with Gasteiger partial charge in [0.1, 0.15) is 12.4 Å². The van der Waals surface area contributed by atoms with E-state index in [-0.39, 0.29) is 12.1 Å². The second-order valence-electron chi connectivity index (χ2n) is 5.92. The standard InChI is InChI=1S/C17H24N6O2/c1-3-5-6-13(14-7-10-19-23(14)4-2)20-16-18-9-8-15(21-16)22-11-12-25-17(22)24/h7-10,13H,3-6,11-12H2,1-2H3,(H,18,20,21). The van der Waals surface area contributed by atoms with Gasteiger partial charge in [-0.3, -0.25) is 9.58 Å². The van der Waals surface area contributed by atoms with Crippen LogP contribution in [0.25, 0.3) is 0 Å². The summed E-state index contributed by atoms with van der Waals surface area (Å²) >= 11 is 0. The number of amides is 1. The van der Waals surface area contributed by atoms with E-state index in [1.165, 1.54) is 4.90 Å². The van der Waals surface area contributed by atoms with Gasteiger partial charge in [-0.2, -0.15) is 10.1 Å². The maximum atomic E-state index is 11.7. The number of cyclic esters (lactones) is 1. The average molecular weight is 344 g/mol. The molecule has 0 aromatic carbocycles. The Morgan fingerprint density at radius 2 is 2.20 bits per heavy atom. The molecule has 1 N–H and O–H groups in total. The lowest BCUT2D eigenvalue weighted by Gasteiger charge is -2.20. The molecule has 134 valence electrons. The van der Waals surface area contributed by atoms with Crippen LogP contribution in [0.15, 0.2) is 24.5 Å². The number of rotatable bonds is 8. The summed E-state index contributed by atoms with van der Waals surface area (Å²) in [5.74, 6) is 1.06. The van der Waals surface area contributed by atoms with Crippen molar-refractivity contribution in [2.75, 3.05) is 23.4 Å². The van der Waals surface area contributed by atoms with Crippen LogP contribution in [-0.2, 0) is 11.3 Å². The highest BCUT2D eigenvalue weighted by atomic mass is 16.6. The number of unbranched alkanes of at least 4 members (excludes halogenated alkanes) is 1. The second kappa shape index (κ2) is 7.96. The van der Waals surface area contributed by atoms with Gasteiger partial charge in [0, 0.05) is 18.9 Å². The van der Waals surface area contributed by atoms with Crippen molar-refractivity contribution in [1.82, 2.24) is 19.7 Å². The molecule has 1 saturated heterocycles. The fraction of sp³-hybridized carbons (Fsp3) is 0.529. The number of hydrogen-bond donors (Lipinski definition) is 1. The zero-order valence-corrected chi connectivity index (χ0v) is 14.7. The Hall–Kier alpha value is -2.64. The molecule has 8 heteroatoms. The van der Waals surface area contributed by atoms with E-state index >= 15 is 0 Å². The van der Waals surface area contributed by atoms with Gasteiger partial charge in [0.05, 0.1) is 18.3 Å². The van der Waals surface area contributed by atoms with E-state index in [4.69, 9.17) is 4.74 Å². The van der Waals surface area contributed by atoms with Gasteiger partial charge >= 0.3 is 6.09 Å². The summed E-state index contributed by atoms with van der Waals surface area (Å²) in [7, 11) is 0. The fourth-order valence-electron chi connectivity index (χ4n) is 2.93. The molecule has 0 aliphatic carbocycles. The van der Waals surface area contributed by atoms with Gasteiger partial charge in [-0.25, -0.2) is 9.78 Å². The molecule has 0 radical (unpaired) electrons. The van der Waals surface area contributed by atoms with Gasteiger partial charge in [-0.15, -0.1) is 0 Å². The molecule has 8 nitrogen and oxygen atoms in total. The third-order valence-electron chi connectivity index (χ3n) is 4.23. The lowest BCUT2D eigenvalue weighted by molar-refractivity contribution is 0.181. The first-order valence-electron chi connectivity index (χ1n) is 8.78. The second-order valence-corrected chi connectivity index (χ2v) is 5.92. The third-order valence-corrected chi connectivity index (χ3v) is 4.23. The van der Waals surface area contributed by atoms with Gasteiger partial charge in [0.25, 0.3) is 0 Å². The van der Waals surface area contributed by atoms with Crippen LogP contribution >= 0.6 is 0 Å². The lowest BCUT2D eigenvalue weighted by atomic mass is 10.1. The molecule has 1 aliphatic rings. The smallest absolute Gasteiger partial charge is 0.415 e. The topological polar surface area (TPSA) is 85.2 Å². The Balaban J connectivity index is 1.80. The first kappa shape index (κ1) is 17.2. The molecule has 1 atom stereocenters. The van der Waals surface area contributed by atoms with Gasteiger partial charge in [0.15, 0.2) is 0 Å². The lowest BCUT2D eigenvalue weighted by Crippen LogP contribution is -2.25. The summed E-state index contributed by atoms with van der Waals surface area (Å²) in [6.45, 7) is 5.96. The van der Waals surface area contributed by atoms with Crippen molar-refractivity contribution in [3.63, 3.8) is 0 Å². The predicted octanol–water partition coefficient (Wildman–Crippen LogP) is 2.99. The number of hydrogen-bond acceptors (Lipinski definition) is 6. The van der Waals surface area contributed by atoms with Crippen LogP contribution in [0.2, 0.25) is 0 Å². The Labute approximate surface area is 147 Å².